The van der Waals surface area contributed by atoms with Crippen molar-refractivity contribution < 1.29 is 67.4 Å². The molecule has 0 radical (unpaired) electrons. The van der Waals surface area contributed by atoms with E-state index in [9.17, 15) is 0 Å². The SMILES string of the molecule is C1CO1.C=CCOCC=C.Oc1ccccc1.[H-].[K+]. The minimum absolute atomic E-state index is 0. The van der Waals surface area contributed by atoms with Crippen LogP contribution in [0.25, 0.3) is 0 Å². The third-order valence-electron chi connectivity index (χ3n) is 1.43. The molecule has 0 spiro atoms. The van der Waals surface area contributed by atoms with Crippen LogP contribution in [0, 0.1) is 0 Å². The summed E-state index contributed by atoms with van der Waals surface area (Å²) in [6, 6.07) is 8.71. The van der Waals surface area contributed by atoms with Gasteiger partial charge in [-0.15, -0.1) is 13.2 Å². The number of aromatic hydroxyl groups is 1. The Kier molecular flexibility index (Phi) is 19.3. The molecule has 1 aliphatic heterocycles. The minimum atomic E-state index is 0. The molecule has 2 rings (SSSR count). The van der Waals surface area contributed by atoms with Gasteiger partial charge >= 0.3 is 51.4 Å². The minimum Gasteiger partial charge on any atom is -1.00 e. The fourth-order valence-corrected chi connectivity index (χ4v) is 0.663. The molecule has 1 aliphatic rings. The fraction of sp³-hybridized carbons (Fsp3) is 0.286. The molecule has 18 heavy (non-hydrogen) atoms. The van der Waals surface area contributed by atoms with Gasteiger partial charge in [-0.1, -0.05) is 30.4 Å². The smallest absolute Gasteiger partial charge is 1.00 e. The van der Waals surface area contributed by atoms with E-state index in [1.165, 1.54) is 0 Å². The molecule has 96 valence electrons. The molecule has 1 heterocycles. The van der Waals surface area contributed by atoms with Crippen molar-refractivity contribution in [2.75, 3.05) is 26.4 Å². The molecular weight excluding hydrogens is 255 g/mol. The van der Waals surface area contributed by atoms with Crippen LogP contribution in [0.1, 0.15) is 1.43 Å². The van der Waals surface area contributed by atoms with Crippen LogP contribution in [0.4, 0.5) is 0 Å². The number of phenols is 1. The standard InChI is InChI=1S/C6H6O.C6H10O.C2H4O.K.H/c7-6-4-2-1-3-5-6;1-3-5-7-6-4-2;1-2-3-1;;/h1-5,7H;3-4H,1-2,5-6H2;1-2H2;;/q;;;+1;-1. The van der Waals surface area contributed by atoms with Crippen LogP contribution >= 0.6 is 0 Å². The third-order valence-corrected chi connectivity index (χ3v) is 1.43. The predicted molar refractivity (Wildman–Crippen MR) is 71.3 cm³/mol. The van der Waals surface area contributed by atoms with Crippen LogP contribution in [-0.2, 0) is 9.47 Å². The maximum atomic E-state index is 8.63. The molecule has 1 N–H and O–H groups in total. The molecule has 0 aliphatic carbocycles. The molecule has 0 unspecified atom stereocenters. The van der Waals surface area contributed by atoms with Crippen molar-refractivity contribution in [3.63, 3.8) is 0 Å². The zero-order chi connectivity index (χ0) is 12.8. The number of benzene rings is 1. The van der Waals surface area contributed by atoms with E-state index >= 15 is 0 Å². The summed E-state index contributed by atoms with van der Waals surface area (Å²) in [4.78, 5) is 0. The molecule has 0 saturated carbocycles. The Bertz CT molecular complexity index is 281. The molecule has 3 nitrogen and oxygen atoms in total. The number of hydrogen-bond acceptors (Lipinski definition) is 3. The fourth-order valence-electron chi connectivity index (χ4n) is 0.663. The molecule has 0 bridgehead atoms. The first-order valence-electron chi connectivity index (χ1n) is 5.42. The maximum Gasteiger partial charge on any atom is 1.00 e. The summed E-state index contributed by atoms with van der Waals surface area (Å²) in [5.41, 5.74) is 0. The Hall–Kier alpha value is 0.0564. The van der Waals surface area contributed by atoms with Gasteiger partial charge in [0, 0.05) is 0 Å². The molecule has 1 fully saturated rings. The van der Waals surface area contributed by atoms with Gasteiger partial charge < -0.3 is 16.0 Å². The Morgan fingerprint density at radius 1 is 1.17 bits per heavy atom. The monoisotopic (exact) mass is 276 g/mol. The van der Waals surface area contributed by atoms with Gasteiger partial charge in [-0.3, -0.25) is 0 Å². The van der Waals surface area contributed by atoms with E-state index in [2.05, 4.69) is 17.9 Å². The molecule has 0 amide bonds. The van der Waals surface area contributed by atoms with Crippen LogP contribution in [0.2, 0.25) is 0 Å². The van der Waals surface area contributed by atoms with Crippen LogP contribution in [0.5, 0.6) is 5.75 Å². The van der Waals surface area contributed by atoms with Crippen molar-refractivity contribution in [3.8, 4) is 5.75 Å². The van der Waals surface area contributed by atoms with E-state index in [-0.39, 0.29) is 52.8 Å². The number of ether oxygens (including phenoxy) is 2. The number of epoxide rings is 1. The average molecular weight is 276 g/mol. The summed E-state index contributed by atoms with van der Waals surface area (Å²) in [6.07, 6.45) is 3.42. The van der Waals surface area contributed by atoms with Crippen molar-refractivity contribution in [2.45, 2.75) is 0 Å². The van der Waals surface area contributed by atoms with Crippen LogP contribution < -0.4 is 51.4 Å². The van der Waals surface area contributed by atoms with Gasteiger partial charge in [-0.05, 0) is 12.1 Å². The normalized spacial score (nSPS) is 10.4. The van der Waals surface area contributed by atoms with Crippen LogP contribution in [0.3, 0.4) is 0 Å². The Morgan fingerprint density at radius 2 is 1.61 bits per heavy atom. The van der Waals surface area contributed by atoms with Gasteiger partial charge in [0.05, 0.1) is 26.4 Å². The number of hydrogen-bond donors (Lipinski definition) is 1. The zero-order valence-electron chi connectivity index (χ0n) is 12.0. The quantitative estimate of drug-likeness (QED) is 0.361. The van der Waals surface area contributed by atoms with Gasteiger partial charge in [0.1, 0.15) is 5.75 Å². The number of phenolic OH excluding ortho intramolecular Hbond substituents is 1. The Labute approximate surface area is 153 Å². The molecule has 4 heteroatoms. The summed E-state index contributed by atoms with van der Waals surface area (Å²) in [5.74, 6) is 0.322. The zero-order valence-corrected chi connectivity index (χ0v) is 14.2. The molecule has 0 aromatic heterocycles. The van der Waals surface area contributed by atoms with Gasteiger partial charge in [0.15, 0.2) is 0 Å². The predicted octanol–water partition coefficient (Wildman–Crippen LogP) is -0.0997. The first-order chi connectivity index (χ1) is 8.31. The van der Waals surface area contributed by atoms with E-state index in [4.69, 9.17) is 9.84 Å². The first-order valence-corrected chi connectivity index (χ1v) is 5.42. The second-order valence-corrected chi connectivity index (χ2v) is 3.06. The Morgan fingerprint density at radius 3 is 1.83 bits per heavy atom. The van der Waals surface area contributed by atoms with E-state index in [0.29, 0.717) is 19.0 Å². The Balaban J connectivity index is -0.000000203. The summed E-state index contributed by atoms with van der Waals surface area (Å²) in [6.45, 7) is 10.2. The van der Waals surface area contributed by atoms with Crippen LogP contribution in [0.15, 0.2) is 55.6 Å². The van der Waals surface area contributed by atoms with E-state index in [1.54, 1.807) is 36.4 Å². The number of para-hydroxylation sites is 1. The number of rotatable bonds is 4. The van der Waals surface area contributed by atoms with E-state index < -0.39 is 0 Å². The molecule has 1 aromatic rings. The van der Waals surface area contributed by atoms with E-state index in [0.717, 1.165) is 13.2 Å². The van der Waals surface area contributed by atoms with Gasteiger partial charge in [0.2, 0.25) is 0 Å². The van der Waals surface area contributed by atoms with Crippen molar-refractivity contribution in [3.05, 3.63) is 55.6 Å². The van der Waals surface area contributed by atoms with Crippen LogP contribution in [-0.4, -0.2) is 31.5 Å². The molecule has 0 atom stereocenters. The summed E-state index contributed by atoms with van der Waals surface area (Å²) < 4.78 is 9.40. The summed E-state index contributed by atoms with van der Waals surface area (Å²) in [5, 5.41) is 8.63. The largest absolute Gasteiger partial charge is 1.00 e. The summed E-state index contributed by atoms with van der Waals surface area (Å²) in [7, 11) is 0. The molecule has 1 saturated heterocycles. The van der Waals surface area contributed by atoms with Crippen molar-refractivity contribution >= 4 is 0 Å². The average Bonchev–Trinajstić information content (AvgIpc) is 3.19. The molecule has 1 aromatic carbocycles. The summed E-state index contributed by atoms with van der Waals surface area (Å²) >= 11 is 0. The first kappa shape index (κ1) is 20.4. The molecular formula is C14H21KO3. The van der Waals surface area contributed by atoms with Crippen molar-refractivity contribution in [2.24, 2.45) is 0 Å². The van der Waals surface area contributed by atoms with Crippen molar-refractivity contribution in [1.82, 2.24) is 0 Å². The van der Waals surface area contributed by atoms with Gasteiger partial charge in [-0.25, -0.2) is 0 Å². The second kappa shape index (κ2) is 17.1. The second-order valence-electron chi connectivity index (χ2n) is 3.06. The van der Waals surface area contributed by atoms with Gasteiger partial charge in [0.25, 0.3) is 0 Å². The van der Waals surface area contributed by atoms with Crippen molar-refractivity contribution in [1.29, 1.82) is 0 Å². The maximum absolute atomic E-state index is 8.63. The van der Waals surface area contributed by atoms with E-state index in [1.807, 2.05) is 6.07 Å². The van der Waals surface area contributed by atoms with Gasteiger partial charge in [-0.2, -0.15) is 0 Å². The topological polar surface area (TPSA) is 42.0 Å². The third kappa shape index (κ3) is 21.4.